The highest BCUT2D eigenvalue weighted by Gasteiger charge is 2.09. The molecule has 0 saturated carbocycles. The number of nitrogens with one attached hydrogen (secondary N) is 2. The molecule has 8 nitrogen and oxygen atoms in total. The highest BCUT2D eigenvalue weighted by Crippen LogP contribution is 2.23. The maximum Gasteiger partial charge on any atom is 0.277 e. The lowest BCUT2D eigenvalue weighted by molar-refractivity contribution is -0.123. The number of methoxy groups -OCH3 is 2. The molecule has 2 rings (SSSR count). The summed E-state index contributed by atoms with van der Waals surface area (Å²) in [5, 5.41) is 6.66. The van der Waals surface area contributed by atoms with E-state index in [0.29, 0.717) is 28.6 Å². The minimum atomic E-state index is -0.438. The zero-order valence-electron chi connectivity index (χ0n) is 16.0. The van der Waals surface area contributed by atoms with Gasteiger partial charge in [0.05, 0.1) is 26.3 Å². The average molecular weight is 385 g/mol. The SMILES string of the molecule is COc1cccc(OCC(=O)N/N=C(\C)CC(=O)Nc2ccccc2OC)c1. The minimum Gasteiger partial charge on any atom is -0.497 e. The van der Waals surface area contributed by atoms with Crippen LogP contribution in [0.3, 0.4) is 0 Å². The lowest BCUT2D eigenvalue weighted by atomic mass is 10.2. The summed E-state index contributed by atoms with van der Waals surface area (Å²) in [6, 6.07) is 14.0. The van der Waals surface area contributed by atoms with E-state index in [-0.39, 0.29) is 18.9 Å². The lowest BCUT2D eigenvalue weighted by Gasteiger charge is -2.10. The van der Waals surface area contributed by atoms with Crippen LogP contribution in [0.5, 0.6) is 17.2 Å². The molecule has 0 bridgehead atoms. The summed E-state index contributed by atoms with van der Waals surface area (Å²) in [5.74, 6) is 0.993. The summed E-state index contributed by atoms with van der Waals surface area (Å²) in [5.41, 5.74) is 3.38. The van der Waals surface area contributed by atoms with Crippen LogP contribution in [0.15, 0.2) is 53.6 Å². The standard InChI is InChI=1S/C20H23N3O5/c1-14(11-19(24)21-17-9-4-5-10-18(17)27-3)22-23-20(25)13-28-16-8-6-7-15(12-16)26-2/h4-10,12H,11,13H2,1-3H3,(H,21,24)(H,23,25)/b22-14+. The first-order chi connectivity index (χ1) is 13.5. The van der Waals surface area contributed by atoms with Crippen molar-refractivity contribution in [3.63, 3.8) is 0 Å². The van der Waals surface area contributed by atoms with E-state index in [2.05, 4.69) is 15.8 Å². The Morgan fingerprint density at radius 3 is 2.46 bits per heavy atom. The zero-order chi connectivity index (χ0) is 20.4. The number of carbonyl (C=O) groups excluding carboxylic acids is 2. The van der Waals surface area contributed by atoms with Gasteiger partial charge in [-0.25, -0.2) is 5.43 Å². The van der Waals surface area contributed by atoms with Gasteiger partial charge in [0.1, 0.15) is 17.2 Å². The number of nitrogens with zero attached hydrogens (tertiary/aromatic N) is 1. The van der Waals surface area contributed by atoms with Gasteiger partial charge < -0.3 is 19.5 Å². The van der Waals surface area contributed by atoms with Crippen LogP contribution >= 0.6 is 0 Å². The molecule has 2 aromatic rings. The lowest BCUT2D eigenvalue weighted by Crippen LogP contribution is -2.26. The fraction of sp³-hybridized carbons (Fsp3) is 0.250. The van der Waals surface area contributed by atoms with Crippen LogP contribution in [0.1, 0.15) is 13.3 Å². The van der Waals surface area contributed by atoms with E-state index < -0.39 is 5.91 Å². The van der Waals surface area contributed by atoms with Gasteiger partial charge in [-0.15, -0.1) is 0 Å². The summed E-state index contributed by atoms with van der Waals surface area (Å²) < 4.78 is 15.6. The summed E-state index contributed by atoms with van der Waals surface area (Å²) >= 11 is 0. The Morgan fingerprint density at radius 1 is 0.964 bits per heavy atom. The summed E-state index contributed by atoms with van der Waals surface area (Å²) in [6.07, 6.45) is 0.0229. The Labute approximate surface area is 163 Å². The molecule has 0 spiro atoms. The second-order valence-electron chi connectivity index (χ2n) is 5.77. The Balaban J connectivity index is 1.79. The van der Waals surface area contributed by atoms with Gasteiger partial charge in [0, 0.05) is 11.8 Å². The van der Waals surface area contributed by atoms with Crippen molar-refractivity contribution in [2.45, 2.75) is 13.3 Å². The third kappa shape index (κ3) is 6.64. The molecular weight excluding hydrogens is 362 g/mol. The number of anilines is 1. The highest BCUT2D eigenvalue weighted by molar-refractivity contribution is 6.06. The molecule has 2 amide bonds. The molecule has 0 aliphatic carbocycles. The first-order valence-corrected chi connectivity index (χ1v) is 8.53. The van der Waals surface area contributed by atoms with Crippen LogP contribution in [0, 0.1) is 0 Å². The molecule has 0 unspecified atom stereocenters. The summed E-state index contributed by atoms with van der Waals surface area (Å²) in [6.45, 7) is 1.43. The Hall–Kier alpha value is -3.55. The summed E-state index contributed by atoms with van der Waals surface area (Å²) in [4.78, 5) is 24.0. The van der Waals surface area contributed by atoms with Crippen molar-refractivity contribution < 1.29 is 23.8 Å². The van der Waals surface area contributed by atoms with Crippen molar-refractivity contribution in [1.82, 2.24) is 5.43 Å². The van der Waals surface area contributed by atoms with Gasteiger partial charge in [0.15, 0.2) is 6.61 Å². The molecule has 148 valence electrons. The van der Waals surface area contributed by atoms with Crippen molar-refractivity contribution in [1.29, 1.82) is 0 Å². The van der Waals surface area contributed by atoms with E-state index in [1.54, 1.807) is 56.5 Å². The van der Waals surface area contributed by atoms with Crippen LogP contribution in [-0.2, 0) is 9.59 Å². The number of rotatable bonds is 9. The monoisotopic (exact) mass is 385 g/mol. The van der Waals surface area contributed by atoms with Gasteiger partial charge in [-0.2, -0.15) is 5.10 Å². The van der Waals surface area contributed by atoms with Crippen LogP contribution in [0.25, 0.3) is 0 Å². The smallest absolute Gasteiger partial charge is 0.277 e. The van der Waals surface area contributed by atoms with E-state index >= 15 is 0 Å². The van der Waals surface area contributed by atoms with E-state index in [9.17, 15) is 9.59 Å². The van der Waals surface area contributed by atoms with Crippen LogP contribution in [0.2, 0.25) is 0 Å². The first-order valence-electron chi connectivity index (χ1n) is 8.53. The number of hydrogen-bond donors (Lipinski definition) is 2. The van der Waals surface area contributed by atoms with Crippen LogP contribution < -0.4 is 25.0 Å². The second-order valence-corrected chi connectivity index (χ2v) is 5.77. The number of ether oxygens (including phenoxy) is 3. The molecule has 0 fully saturated rings. The van der Waals surface area contributed by atoms with Gasteiger partial charge in [-0.05, 0) is 31.2 Å². The molecule has 0 heterocycles. The molecule has 2 N–H and O–H groups in total. The van der Waals surface area contributed by atoms with Crippen molar-refractivity contribution in [3.8, 4) is 17.2 Å². The van der Waals surface area contributed by atoms with Gasteiger partial charge in [0.2, 0.25) is 5.91 Å². The van der Waals surface area contributed by atoms with E-state index in [4.69, 9.17) is 14.2 Å². The molecule has 8 heteroatoms. The normalized spacial score (nSPS) is 10.8. The maximum atomic E-state index is 12.1. The summed E-state index contributed by atoms with van der Waals surface area (Å²) in [7, 11) is 3.08. The van der Waals surface area contributed by atoms with E-state index in [1.807, 2.05) is 6.07 Å². The van der Waals surface area contributed by atoms with Crippen molar-refractivity contribution >= 4 is 23.2 Å². The van der Waals surface area contributed by atoms with E-state index in [0.717, 1.165) is 0 Å². The zero-order valence-corrected chi connectivity index (χ0v) is 16.0. The number of benzene rings is 2. The molecule has 0 radical (unpaired) electrons. The Morgan fingerprint density at radius 2 is 1.71 bits per heavy atom. The molecule has 0 aliphatic rings. The van der Waals surface area contributed by atoms with E-state index in [1.165, 1.54) is 7.11 Å². The average Bonchev–Trinajstić information content (AvgIpc) is 2.71. The van der Waals surface area contributed by atoms with Gasteiger partial charge in [-0.3, -0.25) is 9.59 Å². The molecule has 28 heavy (non-hydrogen) atoms. The minimum absolute atomic E-state index is 0.0229. The third-order valence-electron chi connectivity index (χ3n) is 3.58. The fourth-order valence-electron chi connectivity index (χ4n) is 2.24. The third-order valence-corrected chi connectivity index (χ3v) is 3.58. The quantitative estimate of drug-likeness (QED) is 0.511. The number of hydrazone groups is 1. The number of carbonyl (C=O) groups is 2. The van der Waals surface area contributed by atoms with Crippen molar-refractivity contribution in [2.24, 2.45) is 5.10 Å². The van der Waals surface area contributed by atoms with Crippen LogP contribution in [0.4, 0.5) is 5.69 Å². The highest BCUT2D eigenvalue weighted by atomic mass is 16.5. The largest absolute Gasteiger partial charge is 0.497 e. The van der Waals surface area contributed by atoms with Gasteiger partial charge >= 0.3 is 0 Å². The molecule has 0 atom stereocenters. The second kappa shape index (κ2) is 10.6. The van der Waals surface area contributed by atoms with Crippen molar-refractivity contribution in [3.05, 3.63) is 48.5 Å². The topological polar surface area (TPSA) is 98.3 Å². The van der Waals surface area contributed by atoms with Crippen LogP contribution in [-0.4, -0.2) is 38.4 Å². The Kier molecular flexibility index (Phi) is 7.83. The number of para-hydroxylation sites is 2. The Bertz CT molecular complexity index is 851. The number of amides is 2. The van der Waals surface area contributed by atoms with Crippen molar-refractivity contribution in [2.75, 3.05) is 26.1 Å². The predicted octanol–water partition coefficient (Wildman–Crippen LogP) is 2.60. The number of hydrogen-bond acceptors (Lipinski definition) is 6. The maximum absolute atomic E-state index is 12.1. The molecule has 2 aromatic carbocycles. The van der Waals surface area contributed by atoms with Gasteiger partial charge in [-0.1, -0.05) is 18.2 Å². The fourth-order valence-corrected chi connectivity index (χ4v) is 2.24. The predicted molar refractivity (Wildman–Crippen MR) is 106 cm³/mol. The first kappa shape index (κ1) is 20.8. The molecular formula is C20H23N3O5. The molecule has 0 aromatic heterocycles. The van der Waals surface area contributed by atoms with Gasteiger partial charge in [0.25, 0.3) is 5.91 Å². The molecule has 0 saturated heterocycles. The molecule has 0 aliphatic heterocycles.